The predicted molar refractivity (Wildman–Crippen MR) is 65.8 cm³/mol. The summed E-state index contributed by atoms with van der Waals surface area (Å²) in [5, 5.41) is 0. The van der Waals surface area contributed by atoms with E-state index in [-0.39, 0.29) is 0 Å². The third-order valence-electron chi connectivity index (χ3n) is 2.65. The number of ether oxygens (including phenoxy) is 1. The molecule has 0 aliphatic rings. The molecule has 0 fully saturated rings. The summed E-state index contributed by atoms with van der Waals surface area (Å²) in [6, 6.07) is 5.84. The zero-order chi connectivity index (χ0) is 12.3. The van der Waals surface area contributed by atoms with Crippen LogP contribution in [0.1, 0.15) is 18.4 Å². The zero-order valence-corrected chi connectivity index (χ0v) is 10.1. The molecule has 1 aromatic heterocycles. The van der Waals surface area contributed by atoms with Gasteiger partial charge in [0.05, 0.1) is 7.11 Å². The summed E-state index contributed by atoms with van der Waals surface area (Å²) in [7, 11) is 1.64. The van der Waals surface area contributed by atoms with Gasteiger partial charge >= 0.3 is 0 Å². The quantitative estimate of drug-likeness (QED) is 0.879. The predicted octanol–water partition coefficient (Wildman–Crippen LogP) is 2.37. The van der Waals surface area contributed by atoms with Gasteiger partial charge in [0.2, 0.25) is 0 Å². The lowest BCUT2D eigenvalue weighted by molar-refractivity contribution is 0.410. The van der Waals surface area contributed by atoms with E-state index in [1.807, 2.05) is 25.1 Å². The molecule has 0 spiro atoms. The lowest BCUT2D eigenvalue weighted by Crippen LogP contribution is -2.00. The molecule has 0 aliphatic carbocycles. The molecule has 0 saturated carbocycles. The average Bonchev–Trinajstić information content (AvgIpc) is 2.86. The van der Waals surface area contributed by atoms with Crippen molar-refractivity contribution in [3.05, 3.63) is 35.9 Å². The molecule has 4 heteroatoms. The van der Waals surface area contributed by atoms with Gasteiger partial charge in [-0.05, 0) is 18.2 Å². The number of methoxy groups -OCH3 is 1. The van der Waals surface area contributed by atoms with Gasteiger partial charge in [0.15, 0.2) is 5.89 Å². The molecule has 17 heavy (non-hydrogen) atoms. The van der Waals surface area contributed by atoms with E-state index in [0.717, 1.165) is 34.9 Å². The van der Waals surface area contributed by atoms with Crippen molar-refractivity contribution in [1.82, 2.24) is 4.98 Å². The number of benzene rings is 1. The number of hydrogen-bond acceptors (Lipinski definition) is 4. The van der Waals surface area contributed by atoms with Gasteiger partial charge in [-0.25, -0.2) is 4.98 Å². The molecule has 4 nitrogen and oxygen atoms in total. The maximum Gasteiger partial charge on any atom is 0.194 e. The molecule has 1 heterocycles. The fraction of sp³-hybridized carbons (Fsp3) is 0.308. The Morgan fingerprint density at radius 1 is 1.41 bits per heavy atom. The second-order valence-electron chi connectivity index (χ2n) is 3.71. The second kappa shape index (κ2) is 5.01. The maximum absolute atomic E-state index is 5.68. The van der Waals surface area contributed by atoms with Crippen molar-refractivity contribution < 1.29 is 9.15 Å². The summed E-state index contributed by atoms with van der Waals surface area (Å²) >= 11 is 0. The number of aromatic nitrogens is 1. The first-order valence-electron chi connectivity index (χ1n) is 5.60. The Kier molecular flexibility index (Phi) is 3.44. The smallest absolute Gasteiger partial charge is 0.194 e. The third-order valence-corrected chi connectivity index (χ3v) is 2.65. The molecule has 2 aromatic rings. The van der Waals surface area contributed by atoms with Crippen LogP contribution in [0.15, 0.2) is 28.9 Å². The summed E-state index contributed by atoms with van der Waals surface area (Å²) < 4.78 is 10.6. The highest BCUT2D eigenvalue weighted by Crippen LogP contribution is 2.26. The average molecular weight is 232 g/mol. The van der Waals surface area contributed by atoms with Crippen LogP contribution in [0.25, 0.3) is 11.3 Å². The van der Waals surface area contributed by atoms with Crippen LogP contribution in [0.4, 0.5) is 0 Å². The lowest BCUT2D eigenvalue weighted by atomic mass is 10.1. The minimum absolute atomic E-state index is 0.440. The SMILES string of the molecule is CCc1nc(-c2ccc(OC)c(CN)c2)co1. The Balaban J connectivity index is 2.38. The molecular formula is C13H16N2O2. The second-order valence-corrected chi connectivity index (χ2v) is 3.71. The van der Waals surface area contributed by atoms with E-state index in [0.29, 0.717) is 6.54 Å². The summed E-state index contributed by atoms with van der Waals surface area (Å²) in [6.07, 6.45) is 2.46. The maximum atomic E-state index is 5.68. The van der Waals surface area contributed by atoms with Crippen molar-refractivity contribution >= 4 is 0 Å². The largest absolute Gasteiger partial charge is 0.496 e. The van der Waals surface area contributed by atoms with Gasteiger partial charge in [0, 0.05) is 24.1 Å². The first-order chi connectivity index (χ1) is 8.28. The zero-order valence-electron chi connectivity index (χ0n) is 10.1. The van der Waals surface area contributed by atoms with Crippen LogP contribution in [-0.2, 0) is 13.0 Å². The topological polar surface area (TPSA) is 61.3 Å². The molecule has 2 rings (SSSR count). The van der Waals surface area contributed by atoms with Gasteiger partial charge in [-0.15, -0.1) is 0 Å². The molecule has 0 amide bonds. The molecular weight excluding hydrogens is 216 g/mol. The van der Waals surface area contributed by atoms with Crippen LogP contribution >= 0.6 is 0 Å². The van der Waals surface area contributed by atoms with E-state index in [4.69, 9.17) is 14.9 Å². The highest BCUT2D eigenvalue weighted by atomic mass is 16.5. The number of nitrogens with two attached hydrogens (primary N) is 1. The minimum atomic E-state index is 0.440. The Bertz CT molecular complexity index is 506. The Morgan fingerprint density at radius 3 is 2.82 bits per heavy atom. The van der Waals surface area contributed by atoms with Crippen LogP contribution in [-0.4, -0.2) is 12.1 Å². The van der Waals surface area contributed by atoms with E-state index in [2.05, 4.69) is 4.98 Å². The number of nitrogens with zero attached hydrogens (tertiary/aromatic N) is 1. The molecule has 0 saturated heterocycles. The molecule has 90 valence electrons. The Morgan fingerprint density at radius 2 is 2.24 bits per heavy atom. The molecule has 0 bridgehead atoms. The van der Waals surface area contributed by atoms with Crippen molar-refractivity contribution in [1.29, 1.82) is 0 Å². The van der Waals surface area contributed by atoms with Crippen molar-refractivity contribution in [3.8, 4) is 17.0 Å². The Labute approximate surface area is 100 Å². The number of hydrogen-bond donors (Lipinski definition) is 1. The van der Waals surface area contributed by atoms with Gasteiger partial charge < -0.3 is 14.9 Å². The van der Waals surface area contributed by atoms with Gasteiger partial charge in [-0.2, -0.15) is 0 Å². The summed E-state index contributed by atoms with van der Waals surface area (Å²) in [5.41, 5.74) is 8.47. The van der Waals surface area contributed by atoms with Gasteiger partial charge in [0.25, 0.3) is 0 Å². The normalized spacial score (nSPS) is 10.5. The highest BCUT2D eigenvalue weighted by molar-refractivity contribution is 5.61. The molecule has 0 radical (unpaired) electrons. The molecule has 0 aliphatic heterocycles. The van der Waals surface area contributed by atoms with E-state index >= 15 is 0 Å². The van der Waals surface area contributed by atoms with Crippen LogP contribution in [0.2, 0.25) is 0 Å². The number of rotatable bonds is 4. The van der Waals surface area contributed by atoms with Gasteiger partial charge in [-0.3, -0.25) is 0 Å². The van der Waals surface area contributed by atoms with Crippen LogP contribution in [0.5, 0.6) is 5.75 Å². The molecule has 1 aromatic carbocycles. The third kappa shape index (κ3) is 2.31. The van der Waals surface area contributed by atoms with Gasteiger partial charge in [0.1, 0.15) is 17.7 Å². The summed E-state index contributed by atoms with van der Waals surface area (Å²) in [6.45, 7) is 2.45. The fourth-order valence-corrected chi connectivity index (χ4v) is 1.70. The van der Waals surface area contributed by atoms with E-state index in [1.165, 1.54) is 0 Å². The fourth-order valence-electron chi connectivity index (χ4n) is 1.70. The highest BCUT2D eigenvalue weighted by Gasteiger charge is 2.08. The van der Waals surface area contributed by atoms with Crippen molar-refractivity contribution in [2.24, 2.45) is 5.73 Å². The summed E-state index contributed by atoms with van der Waals surface area (Å²) in [4.78, 5) is 4.38. The van der Waals surface area contributed by atoms with Crippen LogP contribution in [0, 0.1) is 0 Å². The van der Waals surface area contributed by atoms with Crippen molar-refractivity contribution in [2.45, 2.75) is 19.9 Å². The van der Waals surface area contributed by atoms with Gasteiger partial charge in [-0.1, -0.05) is 6.92 Å². The monoisotopic (exact) mass is 232 g/mol. The van der Waals surface area contributed by atoms with Crippen LogP contribution in [0.3, 0.4) is 0 Å². The van der Waals surface area contributed by atoms with Crippen molar-refractivity contribution in [3.63, 3.8) is 0 Å². The van der Waals surface area contributed by atoms with E-state index in [1.54, 1.807) is 13.4 Å². The summed E-state index contributed by atoms with van der Waals surface area (Å²) in [5.74, 6) is 1.54. The number of oxazole rings is 1. The molecule has 2 N–H and O–H groups in total. The van der Waals surface area contributed by atoms with E-state index in [9.17, 15) is 0 Å². The minimum Gasteiger partial charge on any atom is -0.496 e. The lowest BCUT2D eigenvalue weighted by Gasteiger charge is -2.07. The Hall–Kier alpha value is -1.81. The van der Waals surface area contributed by atoms with Crippen molar-refractivity contribution in [2.75, 3.05) is 7.11 Å². The standard InChI is InChI=1S/C13H16N2O2/c1-3-13-15-11(8-17-13)9-4-5-12(16-2)10(6-9)7-14/h4-6,8H,3,7,14H2,1-2H3. The van der Waals surface area contributed by atoms with Crippen LogP contribution < -0.4 is 10.5 Å². The molecule has 0 atom stereocenters. The van der Waals surface area contributed by atoms with E-state index < -0.39 is 0 Å². The first-order valence-corrected chi connectivity index (χ1v) is 5.60. The number of aryl methyl sites for hydroxylation is 1. The molecule has 0 unspecified atom stereocenters. The first kappa shape index (κ1) is 11.7.